The summed E-state index contributed by atoms with van der Waals surface area (Å²) in [6, 6.07) is 2.01. The first-order chi connectivity index (χ1) is 7.91. The molecule has 2 amide bonds. The van der Waals surface area contributed by atoms with Gasteiger partial charge in [-0.3, -0.25) is 14.5 Å². The number of carbonyl (C=O) groups excluding carboxylic acids is 2. The molecule has 1 aromatic rings. The van der Waals surface area contributed by atoms with E-state index in [1.807, 2.05) is 27.0 Å². The first kappa shape index (κ1) is 12.0. The highest BCUT2D eigenvalue weighted by Crippen LogP contribution is 2.31. The van der Waals surface area contributed by atoms with Crippen LogP contribution in [0, 0.1) is 13.8 Å². The lowest BCUT2D eigenvalue weighted by Gasteiger charge is -2.01. The largest absolute Gasteiger partial charge is 0.352 e. The van der Waals surface area contributed by atoms with Crippen molar-refractivity contribution in [2.75, 3.05) is 7.05 Å². The fourth-order valence-electron chi connectivity index (χ4n) is 1.72. The molecule has 90 valence electrons. The zero-order chi connectivity index (χ0) is 12.7. The Kier molecular flexibility index (Phi) is 2.87. The van der Waals surface area contributed by atoms with Gasteiger partial charge in [-0.2, -0.15) is 0 Å². The van der Waals surface area contributed by atoms with E-state index < -0.39 is 0 Å². The van der Waals surface area contributed by atoms with Crippen LogP contribution < -0.4 is 0 Å². The third-order valence-corrected chi connectivity index (χ3v) is 4.05. The van der Waals surface area contributed by atoms with Gasteiger partial charge in [0, 0.05) is 25.5 Å². The maximum absolute atomic E-state index is 11.7. The standard InChI is InChI=1S/C12H14N2O2S/c1-7-5-9(8(2)13(7)3)6-10-11(15)14(4)12(16)17-10/h5-6H,1-4H3. The summed E-state index contributed by atoms with van der Waals surface area (Å²) in [5.74, 6) is -0.221. The SMILES string of the molecule is Cc1cc(C=C2SC(=O)N(C)C2=O)c(C)n1C. The van der Waals surface area contributed by atoms with Crippen LogP contribution in [0.4, 0.5) is 4.79 Å². The molecule has 0 aromatic carbocycles. The average molecular weight is 250 g/mol. The van der Waals surface area contributed by atoms with Crippen LogP contribution in [0.25, 0.3) is 6.08 Å². The summed E-state index contributed by atoms with van der Waals surface area (Å²) in [6.45, 7) is 4.00. The topological polar surface area (TPSA) is 42.3 Å². The summed E-state index contributed by atoms with van der Waals surface area (Å²) in [7, 11) is 3.48. The van der Waals surface area contributed by atoms with Crippen molar-refractivity contribution >= 4 is 29.0 Å². The van der Waals surface area contributed by atoms with Gasteiger partial charge in [0.05, 0.1) is 4.91 Å². The number of likely N-dealkylation sites (N-methyl/N-ethyl adjacent to an activating group) is 1. The number of aromatic nitrogens is 1. The maximum Gasteiger partial charge on any atom is 0.293 e. The number of aryl methyl sites for hydroxylation is 1. The number of hydrogen-bond acceptors (Lipinski definition) is 3. The van der Waals surface area contributed by atoms with Gasteiger partial charge in [-0.1, -0.05) is 0 Å². The summed E-state index contributed by atoms with van der Waals surface area (Å²) in [6.07, 6.45) is 1.79. The molecule has 0 N–H and O–H groups in total. The van der Waals surface area contributed by atoms with Gasteiger partial charge in [-0.25, -0.2) is 0 Å². The summed E-state index contributed by atoms with van der Waals surface area (Å²) >= 11 is 0.990. The van der Waals surface area contributed by atoms with E-state index >= 15 is 0 Å². The summed E-state index contributed by atoms with van der Waals surface area (Å²) in [5.41, 5.74) is 3.21. The third-order valence-electron chi connectivity index (χ3n) is 3.09. The van der Waals surface area contributed by atoms with E-state index in [9.17, 15) is 9.59 Å². The van der Waals surface area contributed by atoms with Crippen LogP contribution >= 0.6 is 11.8 Å². The van der Waals surface area contributed by atoms with Crippen molar-refractivity contribution in [2.24, 2.45) is 7.05 Å². The summed E-state index contributed by atoms with van der Waals surface area (Å²) in [5, 5.41) is -0.216. The Bertz CT molecular complexity index is 543. The van der Waals surface area contributed by atoms with Crippen LogP contribution in [0.5, 0.6) is 0 Å². The van der Waals surface area contributed by atoms with Crippen molar-refractivity contribution in [1.29, 1.82) is 0 Å². The molecule has 0 radical (unpaired) electrons. The molecule has 1 saturated heterocycles. The lowest BCUT2D eigenvalue weighted by Crippen LogP contribution is -2.22. The van der Waals surface area contributed by atoms with Gasteiger partial charge in [0.1, 0.15) is 0 Å². The fraction of sp³-hybridized carbons (Fsp3) is 0.333. The highest BCUT2D eigenvalue weighted by molar-refractivity contribution is 8.18. The van der Waals surface area contributed by atoms with Crippen molar-refractivity contribution < 1.29 is 9.59 Å². The molecule has 0 unspecified atom stereocenters. The zero-order valence-corrected chi connectivity index (χ0v) is 11.1. The normalized spacial score (nSPS) is 18.6. The Morgan fingerprint density at radius 1 is 1.24 bits per heavy atom. The minimum atomic E-state index is -0.221. The van der Waals surface area contributed by atoms with E-state index in [1.54, 1.807) is 6.08 Å². The molecular weight excluding hydrogens is 236 g/mol. The van der Waals surface area contributed by atoms with Crippen LogP contribution in [0.3, 0.4) is 0 Å². The van der Waals surface area contributed by atoms with Crippen LogP contribution in [0.1, 0.15) is 17.0 Å². The van der Waals surface area contributed by atoms with Crippen LogP contribution in [0.2, 0.25) is 0 Å². The van der Waals surface area contributed by atoms with Crippen molar-refractivity contribution in [1.82, 2.24) is 9.47 Å². The third kappa shape index (κ3) is 1.91. The number of nitrogens with zero attached hydrogens (tertiary/aromatic N) is 2. The molecule has 17 heavy (non-hydrogen) atoms. The quantitative estimate of drug-likeness (QED) is 0.718. The second-order valence-electron chi connectivity index (χ2n) is 4.13. The maximum atomic E-state index is 11.7. The number of imide groups is 1. The van der Waals surface area contributed by atoms with Crippen LogP contribution in [-0.4, -0.2) is 27.7 Å². The minimum Gasteiger partial charge on any atom is -0.352 e. The molecule has 1 aliphatic rings. The van der Waals surface area contributed by atoms with Gasteiger partial charge in [-0.05, 0) is 43.3 Å². The van der Waals surface area contributed by atoms with E-state index in [-0.39, 0.29) is 11.1 Å². The van der Waals surface area contributed by atoms with Gasteiger partial charge < -0.3 is 4.57 Å². The van der Waals surface area contributed by atoms with E-state index in [0.29, 0.717) is 4.91 Å². The van der Waals surface area contributed by atoms with Gasteiger partial charge in [0.2, 0.25) is 0 Å². The Morgan fingerprint density at radius 2 is 1.88 bits per heavy atom. The predicted octanol–water partition coefficient (Wildman–Crippen LogP) is 2.31. The van der Waals surface area contributed by atoms with Gasteiger partial charge in [0.15, 0.2) is 0 Å². The summed E-state index contributed by atoms with van der Waals surface area (Å²) < 4.78 is 2.06. The number of hydrogen-bond donors (Lipinski definition) is 0. The fourth-order valence-corrected chi connectivity index (χ4v) is 2.54. The first-order valence-corrected chi connectivity index (χ1v) is 6.08. The Balaban J connectivity index is 2.41. The molecular formula is C12H14N2O2S. The minimum absolute atomic E-state index is 0.216. The second-order valence-corrected chi connectivity index (χ2v) is 5.12. The van der Waals surface area contributed by atoms with E-state index in [2.05, 4.69) is 4.57 Å². The molecule has 1 aliphatic heterocycles. The molecule has 0 atom stereocenters. The lowest BCUT2D eigenvalue weighted by atomic mass is 10.2. The lowest BCUT2D eigenvalue weighted by molar-refractivity contribution is -0.121. The summed E-state index contributed by atoms with van der Waals surface area (Å²) in [4.78, 5) is 24.7. The molecule has 1 aromatic heterocycles. The molecule has 2 heterocycles. The Morgan fingerprint density at radius 3 is 2.29 bits per heavy atom. The molecule has 4 nitrogen and oxygen atoms in total. The molecule has 0 aliphatic carbocycles. The second kappa shape index (κ2) is 4.07. The van der Waals surface area contributed by atoms with Gasteiger partial charge in [-0.15, -0.1) is 0 Å². The van der Waals surface area contributed by atoms with Crippen molar-refractivity contribution in [2.45, 2.75) is 13.8 Å². The van der Waals surface area contributed by atoms with Crippen LogP contribution in [0.15, 0.2) is 11.0 Å². The van der Waals surface area contributed by atoms with Gasteiger partial charge in [0.25, 0.3) is 11.1 Å². The monoisotopic (exact) mass is 250 g/mol. The number of thioether (sulfide) groups is 1. The highest BCUT2D eigenvalue weighted by atomic mass is 32.2. The van der Waals surface area contributed by atoms with Gasteiger partial charge >= 0.3 is 0 Å². The smallest absolute Gasteiger partial charge is 0.293 e. The van der Waals surface area contributed by atoms with Crippen molar-refractivity contribution in [3.05, 3.63) is 27.9 Å². The van der Waals surface area contributed by atoms with E-state index in [4.69, 9.17) is 0 Å². The zero-order valence-electron chi connectivity index (χ0n) is 10.3. The van der Waals surface area contributed by atoms with E-state index in [1.165, 1.54) is 7.05 Å². The molecule has 0 saturated carbocycles. The highest BCUT2D eigenvalue weighted by Gasteiger charge is 2.31. The van der Waals surface area contributed by atoms with E-state index in [0.717, 1.165) is 33.6 Å². The van der Waals surface area contributed by atoms with Crippen LogP contribution in [-0.2, 0) is 11.8 Å². The molecule has 0 spiro atoms. The first-order valence-electron chi connectivity index (χ1n) is 5.26. The van der Waals surface area contributed by atoms with Crippen molar-refractivity contribution in [3.63, 3.8) is 0 Å². The number of rotatable bonds is 1. The molecule has 2 rings (SSSR count). The number of carbonyl (C=O) groups is 2. The number of amides is 2. The van der Waals surface area contributed by atoms with Crippen molar-refractivity contribution in [3.8, 4) is 0 Å². The molecule has 5 heteroatoms. The Labute approximate surface area is 104 Å². The average Bonchev–Trinajstić information content (AvgIpc) is 2.66. The molecule has 1 fully saturated rings. The predicted molar refractivity (Wildman–Crippen MR) is 68.6 cm³/mol. The molecule has 0 bridgehead atoms. The Hall–Kier alpha value is -1.49.